The molecule has 0 saturated carbocycles. The molecule has 0 radical (unpaired) electrons. The standard InChI is InChI=1S/C26H29NO8/c1-15-11-20(29)24(26(31)35-15)19(17-12-21(32-2)25(34-4)22(13-17)33-3)14-23(30)27-10-9-16-5-7-18(28)8-6-16/h5-8,11-13,19,28-29H,9-10,14H2,1-4H3,(H,27,30). The number of ether oxygens (including phenoxy) is 3. The zero-order chi connectivity index (χ0) is 25.5. The molecule has 186 valence electrons. The maximum atomic E-state index is 12.9. The Bertz CT molecular complexity index is 1210. The van der Waals surface area contributed by atoms with Gasteiger partial charge in [0.15, 0.2) is 11.5 Å². The van der Waals surface area contributed by atoms with Crippen molar-refractivity contribution in [2.45, 2.75) is 25.7 Å². The molecule has 1 atom stereocenters. The highest BCUT2D eigenvalue weighted by molar-refractivity contribution is 5.78. The predicted octanol–water partition coefficient (Wildman–Crippen LogP) is 3.27. The smallest absolute Gasteiger partial charge is 0.343 e. The maximum Gasteiger partial charge on any atom is 0.343 e. The van der Waals surface area contributed by atoms with E-state index in [0.717, 1.165) is 5.56 Å². The first-order valence-electron chi connectivity index (χ1n) is 11.0. The second kappa shape index (κ2) is 11.3. The normalized spacial score (nSPS) is 11.5. The third-order valence-corrected chi connectivity index (χ3v) is 5.59. The Balaban J connectivity index is 1.93. The number of carbonyl (C=O) groups excluding carboxylic acids is 1. The summed E-state index contributed by atoms with van der Waals surface area (Å²) in [6.45, 7) is 1.90. The Morgan fingerprint density at radius 2 is 1.63 bits per heavy atom. The summed E-state index contributed by atoms with van der Waals surface area (Å²) in [4.78, 5) is 25.7. The van der Waals surface area contributed by atoms with Crippen molar-refractivity contribution in [1.82, 2.24) is 5.32 Å². The fourth-order valence-corrected chi connectivity index (χ4v) is 3.88. The summed E-state index contributed by atoms with van der Waals surface area (Å²) in [5.74, 6) is 0.00801. The fraction of sp³-hybridized carbons (Fsp3) is 0.308. The van der Waals surface area contributed by atoms with E-state index < -0.39 is 11.5 Å². The van der Waals surface area contributed by atoms with Crippen LogP contribution in [-0.2, 0) is 11.2 Å². The van der Waals surface area contributed by atoms with Gasteiger partial charge in [0.1, 0.15) is 17.3 Å². The van der Waals surface area contributed by atoms with E-state index in [4.69, 9.17) is 18.6 Å². The third kappa shape index (κ3) is 6.06. The minimum Gasteiger partial charge on any atom is -0.508 e. The molecule has 35 heavy (non-hydrogen) atoms. The summed E-state index contributed by atoms with van der Waals surface area (Å²) in [7, 11) is 4.40. The summed E-state index contributed by atoms with van der Waals surface area (Å²) < 4.78 is 21.4. The lowest BCUT2D eigenvalue weighted by atomic mass is 9.88. The van der Waals surface area contributed by atoms with Crippen molar-refractivity contribution in [2.24, 2.45) is 0 Å². The van der Waals surface area contributed by atoms with Crippen LogP contribution in [-0.4, -0.2) is 44.0 Å². The molecule has 1 unspecified atom stereocenters. The van der Waals surface area contributed by atoms with Gasteiger partial charge in [-0.15, -0.1) is 0 Å². The van der Waals surface area contributed by atoms with Crippen LogP contribution in [0.3, 0.4) is 0 Å². The Morgan fingerprint density at radius 3 is 2.17 bits per heavy atom. The van der Waals surface area contributed by atoms with Crippen molar-refractivity contribution in [2.75, 3.05) is 27.9 Å². The second-order valence-electron chi connectivity index (χ2n) is 7.93. The zero-order valence-corrected chi connectivity index (χ0v) is 20.1. The van der Waals surface area contributed by atoms with Gasteiger partial charge in [-0.1, -0.05) is 12.1 Å². The van der Waals surface area contributed by atoms with Crippen LogP contribution in [0.25, 0.3) is 0 Å². The van der Waals surface area contributed by atoms with Gasteiger partial charge in [-0.25, -0.2) is 4.79 Å². The molecule has 0 aliphatic rings. The Morgan fingerprint density at radius 1 is 1.00 bits per heavy atom. The summed E-state index contributed by atoms with van der Waals surface area (Å²) in [6, 6.07) is 11.3. The number of hydrogen-bond donors (Lipinski definition) is 3. The molecule has 1 heterocycles. The number of hydrogen-bond acceptors (Lipinski definition) is 8. The highest BCUT2D eigenvalue weighted by Gasteiger charge is 2.28. The average Bonchev–Trinajstić information content (AvgIpc) is 2.83. The molecular formula is C26H29NO8. The molecule has 3 aromatic rings. The van der Waals surface area contributed by atoms with E-state index in [0.29, 0.717) is 35.8 Å². The van der Waals surface area contributed by atoms with Crippen molar-refractivity contribution in [3.63, 3.8) is 0 Å². The maximum absolute atomic E-state index is 12.9. The molecule has 0 fully saturated rings. The number of phenols is 1. The summed E-state index contributed by atoms with van der Waals surface area (Å²) >= 11 is 0. The number of nitrogens with one attached hydrogen (secondary N) is 1. The van der Waals surface area contributed by atoms with Crippen LogP contribution in [0.15, 0.2) is 51.7 Å². The van der Waals surface area contributed by atoms with Crippen molar-refractivity contribution in [3.8, 4) is 28.7 Å². The first-order chi connectivity index (χ1) is 16.8. The molecule has 0 aliphatic heterocycles. The minimum atomic E-state index is -0.853. The van der Waals surface area contributed by atoms with Gasteiger partial charge in [-0.2, -0.15) is 0 Å². The summed E-state index contributed by atoms with van der Waals surface area (Å²) in [5.41, 5.74) is 0.664. The molecular weight excluding hydrogens is 454 g/mol. The second-order valence-corrected chi connectivity index (χ2v) is 7.93. The van der Waals surface area contributed by atoms with Gasteiger partial charge in [-0.3, -0.25) is 4.79 Å². The Kier molecular flexibility index (Phi) is 8.25. The van der Waals surface area contributed by atoms with Gasteiger partial charge in [0.25, 0.3) is 0 Å². The number of rotatable bonds is 10. The van der Waals surface area contributed by atoms with Crippen LogP contribution in [0.4, 0.5) is 0 Å². The van der Waals surface area contributed by atoms with Crippen LogP contribution in [0, 0.1) is 6.92 Å². The first kappa shape index (κ1) is 25.5. The zero-order valence-electron chi connectivity index (χ0n) is 20.1. The number of phenolic OH excluding ortho intramolecular Hbond substituents is 1. The number of aromatic hydroxyl groups is 2. The molecule has 0 saturated heterocycles. The number of carbonyl (C=O) groups is 1. The average molecular weight is 484 g/mol. The van der Waals surface area contributed by atoms with Gasteiger partial charge >= 0.3 is 5.63 Å². The number of benzene rings is 2. The molecule has 1 aromatic heterocycles. The fourth-order valence-electron chi connectivity index (χ4n) is 3.88. The van der Waals surface area contributed by atoms with Crippen molar-refractivity contribution < 1.29 is 33.6 Å². The molecule has 0 bridgehead atoms. The highest BCUT2D eigenvalue weighted by Crippen LogP contribution is 2.42. The summed E-state index contributed by atoms with van der Waals surface area (Å²) in [5, 5.41) is 22.9. The van der Waals surface area contributed by atoms with Crippen molar-refractivity contribution in [3.05, 3.63) is 75.3 Å². The van der Waals surface area contributed by atoms with Crippen LogP contribution >= 0.6 is 0 Å². The monoisotopic (exact) mass is 483 g/mol. The highest BCUT2D eigenvalue weighted by atomic mass is 16.5. The van der Waals surface area contributed by atoms with Crippen molar-refractivity contribution >= 4 is 5.91 Å². The lowest BCUT2D eigenvalue weighted by Gasteiger charge is -2.21. The van der Waals surface area contributed by atoms with E-state index >= 15 is 0 Å². The molecule has 9 heteroatoms. The minimum absolute atomic E-state index is 0.0430. The molecule has 3 N–H and O–H groups in total. The van der Waals surface area contributed by atoms with E-state index in [1.807, 2.05) is 0 Å². The molecule has 0 aliphatic carbocycles. The predicted molar refractivity (Wildman–Crippen MR) is 129 cm³/mol. The Hall–Kier alpha value is -4.14. The van der Waals surface area contributed by atoms with Gasteiger partial charge < -0.3 is 34.2 Å². The number of methoxy groups -OCH3 is 3. The number of aryl methyl sites for hydroxylation is 1. The van der Waals surface area contributed by atoms with E-state index in [-0.39, 0.29) is 35.2 Å². The molecule has 3 rings (SSSR count). The lowest BCUT2D eigenvalue weighted by molar-refractivity contribution is -0.121. The first-order valence-corrected chi connectivity index (χ1v) is 11.0. The topological polar surface area (TPSA) is 127 Å². The molecule has 1 amide bonds. The molecule has 9 nitrogen and oxygen atoms in total. The van der Waals surface area contributed by atoms with Gasteiger partial charge in [0.05, 0.1) is 26.9 Å². The quantitative estimate of drug-likeness (QED) is 0.401. The van der Waals surface area contributed by atoms with Crippen LogP contribution in [0.1, 0.15) is 34.8 Å². The molecule has 0 spiro atoms. The van der Waals surface area contributed by atoms with Crippen LogP contribution in [0.5, 0.6) is 28.7 Å². The van der Waals surface area contributed by atoms with Gasteiger partial charge in [0.2, 0.25) is 11.7 Å². The van der Waals surface area contributed by atoms with E-state index in [1.54, 1.807) is 43.3 Å². The Labute approximate surface area is 202 Å². The third-order valence-electron chi connectivity index (χ3n) is 5.59. The van der Waals surface area contributed by atoms with E-state index in [2.05, 4.69) is 5.32 Å². The van der Waals surface area contributed by atoms with Crippen molar-refractivity contribution in [1.29, 1.82) is 0 Å². The van der Waals surface area contributed by atoms with Gasteiger partial charge in [-0.05, 0) is 48.7 Å². The number of amides is 1. The van der Waals surface area contributed by atoms with E-state index in [1.165, 1.54) is 27.4 Å². The van der Waals surface area contributed by atoms with Crippen LogP contribution in [0.2, 0.25) is 0 Å². The molecule has 2 aromatic carbocycles. The lowest BCUT2D eigenvalue weighted by Crippen LogP contribution is -2.28. The largest absolute Gasteiger partial charge is 0.508 e. The van der Waals surface area contributed by atoms with Gasteiger partial charge in [0, 0.05) is 24.9 Å². The van der Waals surface area contributed by atoms with E-state index in [9.17, 15) is 19.8 Å². The summed E-state index contributed by atoms with van der Waals surface area (Å²) in [6.07, 6.45) is 0.411. The SMILES string of the molecule is COc1cc(C(CC(=O)NCCc2ccc(O)cc2)c2c(O)cc(C)oc2=O)cc(OC)c1OC. The van der Waals surface area contributed by atoms with Crippen LogP contribution < -0.4 is 25.2 Å².